The Labute approximate surface area is 139 Å². The van der Waals surface area contributed by atoms with E-state index in [9.17, 15) is 9.90 Å². The maximum atomic E-state index is 12.1. The summed E-state index contributed by atoms with van der Waals surface area (Å²) in [7, 11) is 0. The molecule has 2 aromatic heterocycles. The van der Waals surface area contributed by atoms with Gasteiger partial charge in [0.15, 0.2) is 0 Å². The maximum Gasteiger partial charge on any atom is 0.275 e. The zero-order chi connectivity index (χ0) is 16.2. The molecule has 1 fully saturated rings. The van der Waals surface area contributed by atoms with E-state index in [1.165, 1.54) is 48.0 Å². The zero-order valence-electron chi connectivity index (χ0n) is 13.5. The molecule has 7 heteroatoms. The molecule has 0 amide bonds. The summed E-state index contributed by atoms with van der Waals surface area (Å²) < 4.78 is 1.36. The van der Waals surface area contributed by atoms with Crippen molar-refractivity contribution in [1.82, 2.24) is 14.6 Å². The molecule has 1 saturated carbocycles. The average Bonchev–Trinajstić information content (AvgIpc) is 2.98. The van der Waals surface area contributed by atoms with E-state index in [0.29, 0.717) is 22.4 Å². The smallest absolute Gasteiger partial charge is 0.275 e. The van der Waals surface area contributed by atoms with Crippen LogP contribution in [0.1, 0.15) is 51.1 Å². The Hall–Kier alpha value is -1.47. The van der Waals surface area contributed by atoms with Crippen LogP contribution in [0.3, 0.4) is 0 Å². The summed E-state index contributed by atoms with van der Waals surface area (Å²) in [6.07, 6.45) is 7.67. The Bertz CT molecular complexity index is 706. The molecule has 0 saturated heterocycles. The van der Waals surface area contributed by atoms with Gasteiger partial charge in [-0.3, -0.25) is 4.79 Å². The lowest BCUT2D eigenvalue weighted by Gasteiger charge is -2.30. The molecule has 3 rings (SSSR count). The Kier molecular flexibility index (Phi) is 5.27. The minimum Gasteiger partial charge on any atom is -0.396 e. The summed E-state index contributed by atoms with van der Waals surface area (Å²) in [4.78, 5) is 17.2. The zero-order valence-corrected chi connectivity index (χ0v) is 14.3. The highest BCUT2D eigenvalue weighted by molar-refractivity contribution is 7.20. The van der Waals surface area contributed by atoms with E-state index in [2.05, 4.69) is 15.4 Å². The van der Waals surface area contributed by atoms with E-state index in [-0.39, 0.29) is 18.2 Å². The van der Waals surface area contributed by atoms with Crippen molar-refractivity contribution in [3.05, 3.63) is 22.1 Å². The Morgan fingerprint density at radius 1 is 1.43 bits per heavy atom. The van der Waals surface area contributed by atoms with Crippen molar-refractivity contribution in [2.45, 2.75) is 57.9 Å². The van der Waals surface area contributed by atoms with Crippen LogP contribution in [0.2, 0.25) is 0 Å². The maximum absolute atomic E-state index is 12.1. The molecule has 1 aliphatic rings. The second kappa shape index (κ2) is 7.40. The molecule has 0 aliphatic heterocycles. The molecule has 0 aromatic carbocycles. The molecule has 6 nitrogen and oxygen atoms in total. The molecule has 126 valence electrons. The summed E-state index contributed by atoms with van der Waals surface area (Å²) in [5.41, 5.74) is 0.664. The molecule has 23 heavy (non-hydrogen) atoms. The van der Waals surface area contributed by atoms with Gasteiger partial charge < -0.3 is 10.4 Å². The van der Waals surface area contributed by atoms with Crippen LogP contribution in [-0.2, 0) is 6.42 Å². The third-order valence-corrected chi connectivity index (χ3v) is 5.47. The van der Waals surface area contributed by atoms with E-state index >= 15 is 0 Å². The Balaban J connectivity index is 1.83. The molecular weight excluding hydrogens is 312 g/mol. The van der Waals surface area contributed by atoms with Gasteiger partial charge >= 0.3 is 0 Å². The fourth-order valence-electron chi connectivity index (χ4n) is 3.36. The van der Waals surface area contributed by atoms with Crippen LogP contribution in [-0.4, -0.2) is 32.4 Å². The van der Waals surface area contributed by atoms with E-state index in [0.717, 1.165) is 12.1 Å². The van der Waals surface area contributed by atoms with Crippen LogP contribution in [0.25, 0.3) is 4.96 Å². The lowest BCUT2D eigenvalue weighted by Crippen LogP contribution is -2.31. The van der Waals surface area contributed by atoms with Gasteiger partial charge in [-0.1, -0.05) is 37.5 Å². The van der Waals surface area contributed by atoms with E-state index < -0.39 is 0 Å². The van der Waals surface area contributed by atoms with Crippen molar-refractivity contribution in [1.29, 1.82) is 0 Å². The highest BCUT2D eigenvalue weighted by Crippen LogP contribution is 2.30. The Morgan fingerprint density at radius 3 is 2.91 bits per heavy atom. The topological polar surface area (TPSA) is 79.5 Å². The number of aryl methyl sites for hydroxylation is 1. The van der Waals surface area contributed by atoms with Gasteiger partial charge in [0.1, 0.15) is 0 Å². The quantitative estimate of drug-likeness (QED) is 0.847. The molecule has 1 aliphatic carbocycles. The highest BCUT2D eigenvalue weighted by Gasteiger charge is 2.24. The van der Waals surface area contributed by atoms with Gasteiger partial charge in [-0.05, 0) is 31.6 Å². The van der Waals surface area contributed by atoms with E-state index in [1.54, 1.807) is 6.07 Å². The second-order valence-electron chi connectivity index (χ2n) is 6.20. The summed E-state index contributed by atoms with van der Waals surface area (Å²) in [6, 6.07) is 1.75. The van der Waals surface area contributed by atoms with Gasteiger partial charge in [-0.15, -0.1) is 5.10 Å². The molecule has 0 unspecified atom stereocenters. The molecule has 0 bridgehead atoms. The molecule has 0 radical (unpaired) electrons. The van der Waals surface area contributed by atoms with Crippen molar-refractivity contribution in [3.8, 4) is 0 Å². The van der Waals surface area contributed by atoms with Crippen molar-refractivity contribution in [2.75, 3.05) is 11.9 Å². The van der Waals surface area contributed by atoms with Gasteiger partial charge in [-0.2, -0.15) is 4.52 Å². The van der Waals surface area contributed by atoms with Gasteiger partial charge in [0.25, 0.3) is 5.56 Å². The number of nitrogens with zero attached hydrogens (tertiary/aromatic N) is 3. The predicted molar refractivity (Wildman–Crippen MR) is 92.2 cm³/mol. The highest BCUT2D eigenvalue weighted by atomic mass is 32.1. The molecular formula is C16H24N4O2S. The van der Waals surface area contributed by atoms with Crippen LogP contribution in [0.5, 0.6) is 0 Å². The first kappa shape index (κ1) is 16.4. The molecule has 2 N–H and O–H groups in total. The lowest BCUT2D eigenvalue weighted by molar-refractivity contribution is 0.239. The van der Waals surface area contributed by atoms with Gasteiger partial charge in [0.2, 0.25) is 10.1 Å². The normalized spacial score (nSPS) is 17.5. The fourth-order valence-corrected chi connectivity index (χ4v) is 4.24. The minimum absolute atomic E-state index is 0.132. The van der Waals surface area contributed by atoms with E-state index in [1.807, 2.05) is 6.92 Å². The number of aliphatic hydroxyl groups is 1. The fraction of sp³-hybridized carbons (Fsp3) is 0.688. The number of anilines is 1. The minimum atomic E-state index is -0.132. The first-order chi connectivity index (χ1) is 11.2. The standard InChI is InChI=1S/C16H24N4O2S/c1-2-12-10-14(22)20-16(17-12)23-15(19-20)18-13(8-9-21)11-6-4-3-5-7-11/h10-11,13,21H,2-9H2,1H3,(H,18,19)/t13-/m0/s1. The number of hydrogen-bond acceptors (Lipinski definition) is 6. The van der Waals surface area contributed by atoms with Crippen LogP contribution < -0.4 is 10.9 Å². The number of hydrogen-bond donors (Lipinski definition) is 2. The van der Waals surface area contributed by atoms with Crippen LogP contribution >= 0.6 is 11.3 Å². The van der Waals surface area contributed by atoms with Crippen LogP contribution in [0, 0.1) is 5.92 Å². The number of aromatic nitrogens is 3. The number of fused-ring (bicyclic) bond motifs is 1. The van der Waals surface area contributed by atoms with Crippen molar-refractivity contribution < 1.29 is 5.11 Å². The lowest BCUT2D eigenvalue weighted by atomic mass is 9.83. The van der Waals surface area contributed by atoms with Gasteiger partial charge in [-0.25, -0.2) is 4.98 Å². The summed E-state index contributed by atoms with van der Waals surface area (Å²) >= 11 is 1.41. The van der Waals surface area contributed by atoms with Gasteiger partial charge in [0.05, 0.1) is 0 Å². The number of aliphatic hydroxyl groups excluding tert-OH is 1. The Morgan fingerprint density at radius 2 is 2.22 bits per heavy atom. The summed E-state index contributed by atoms with van der Waals surface area (Å²) in [5, 5.41) is 17.9. The first-order valence-corrected chi connectivity index (χ1v) is 9.30. The SMILES string of the molecule is CCc1cc(=O)n2nc(N[C@@H](CCO)C3CCCCC3)sc2n1. The van der Waals surface area contributed by atoms with Crippen molar-refractivity contribution in [3.63, 3.8) is 0 Å². The average molecular weight is 336 g/mol. The molecule has 2 heterocycles. The molecule has 2 aromatic rings. The monoisotopic (exact) mass is 336 g/mol. The van der Waals surface area contributed by atoms with Crippen LogP contribution in [0.4, 0.5) is 5.13 Å². The summed E-state index contributed by atoms with van der Waals surface area (Å²) in [6.45, 7) is 2.15. The van der Waals surface area contributed by atoms with Crippen molar-refractivity contribution >= 4 is 21.4 Å². The third kappa shape index (κ3) is 3.72. The van der Waals surface area contributed by atoms with Crippen LogP contribution in [0.15, 0.2) is 10.9 Å². The summed E-state index contributed by atoms with van der Waals surface area (Å²) in [5.74, 6) is 0.568. The third-order valence-electron chi connectivity index (χ3n) is 4.63. The first-order valence-electron chi connectivity index (χ1n) is 8.48. The number of rotatable bonds is 6. The van der Waals surface area contributed by atoms with Crippen molar-refractivity contribution in [2.24, 2.45) is 5.92 Å². The molecule has 0 spiro atoms. The largest absolute Gasteiger partial charge is 0.396 e. The predicted octanol–water partition coefficient (Wildman–Crippen LogP) is 2.46. The number of nitrogens with one attached hydrogen (secondary N) is 1. The van der Waals surface area contributed by atoms with Gasteiger partial charge in [0, 0.05) is 24.4 Å². The second-order valence-corrected chi connectivity index (χ2v) is 7.16. The molecule has 1 atom stereocenters. The van der Waals surface area contributed by atoms with E-state index in [4.69, 9.17) is 0 Å².